The van der Waals surface area contributed by atoms with Crippen LogP contribution in [0.2, 0.25) is 0 Å². The summed E-state index contributed by atoms with van der Waals surface area (Å²) in [5.74, 6) is -1.31. The highest BCUT2D eigenvalue weighted by Crippen LogP contribution is 2.24. The summed E-state index contributed by atoms with van der Waals surface area (Å²) < 4.78 is 23.2. The number of hydrogen-bond acceptors (Lipinski definition) is 5. The zero-order valence-corrected chi connectivity index (χ0v) is 14.0. The minimum absolute atomic E-state index is 0.122. The molecule has 0 aromatic heterocycles. The fourth-order valence-corrected chi connectivity index (χ4v) is 2.51. The molecule has 0 bridgehead atoms. The Hall–Kier alpha value is -3.22. The third kappa shape index (κ3) is 4.05. The zero-order chi connectivity index (χ0) is 18.7. The lowest BCUT2D eigenvalue weighted by molar-refractivity contribution is -0.149. The number of carbonyl (C=O) groups is 3. The third-order valence-corrected chi connectivity index (χ3v) is 3.86. The Morgan fingerprint density at radius 3 is 2.65 bits per heavy atom. The molecule has 0 radical (unpaired) electrons. The number of hydrogen-bond donors (Lipinski definition) is 1. The third-order valence-electron chi connectivity index (χ3n) is 3.86. The average molecular weight is 357 g/mol. The van der Waals surface area contributed by atoms with Crippen LogP contribution in [0.4, 0.5) is 10.1 Å². The van der Waals surface area contributed by atoms with E-state index in [4.69, 9.17) is 9.47 Å². The van der Waals surface area contributed by atoms with E-state index in [9.17, 15) is 18.8 Å². The summed E-state index contributed by atoms with van der Waals surface area (Å²) in [6, 6.07) is 10.0. The molecule has 134 valence electrons. The smallest absolute Gasteiger partial charge is 0.347 e. The van der Waals surface area contributed by atoms with Gasteiger partial charge in [0.1, 0.15) is 11.6 Å². The largest absolute Gasteiger partial charge is 0.479 e. The Morgan fingerprint density at radius 2 is 1.92 bits per heavy atom. The molecule has 1 N–H and O–H groups in total. The first-order valence-corrected chi connectivity index (χ1v) is 7.97. The van der Waals surface area contributed by atoms with Crippen LogP contribution in [0, 0.1) is 5.82 Å². The molecule has 6 nitrogen and oxygen atoms in total. The van der Waals surface area contributed by atoms with Gasteiger partial charge in [-0.1, -0.05) is 0 Å². The minimum atomic E-state index is -0.949. The van der Waals surface area contributed by atoms with Gasteiger partial charge in [0.25, 0.3) is 0 Å². The topological polar surface area (TPSA) is 81.7 Å². The lowest BCUT2D eigenvalue weighted by atomic mass is 10.1. The Labute approximate surface area is 148 Å². The highest BCUT2D eigenvalue weighted by atomic mass is 19.1. The van der Waals surface area contributed by atoms with E-state index in [1.807, 2.05) is 0 Å². The monoisotopic (exact) mass is 357 g/mol. The molecule has 0 saturated heterocycles. The standard InChI is InChI=1S/C19H16FNO5/c1-11(26-15-5-3-14(20)4-6-15)19(24)25-10-17(22)12-2-7-16-13(8-12)9-18(23)21-16/h2-8,11H,9-10H2,1H3,(H,21,23)/t11-/m1/s1. The van der Waals surface area contributed by atoms with Crippen molar-refractivity contribution in [2.45, 2.75) is 19.4 Å². The highest BCUT2D eigenvalue weighted by Gasteiger charge is 2.21. The summed E-state index contributed by atoms with van der Waals surface area (Å²) >= 11 is 0. The molecule has 1 heterocycles. The summed E-state index contributed by atoms with van der Waals surface area (Å²) in [4.78, 5) is 35.5. The summed E-state index contributed by atoms with van der Waals surface area (Å²) in [6.07, 6.45) is -0.728. The first kappa shape index (κ1) is 17.6. The van der Waals surface area contributed by atoms with Gasteiger partial charge in [0, 0.05) is 11.3 Å². The number of esters is 1. The van der Waals surface area contributed by atoms with Crippen molar-refractivity contribution >= 4 is 23.3 Å². The Kier molecular flexibility index (Phi) is 4.97. The van der Waals surface area contributed by atoms with Crippen LogP contribution < -0.4 is 10.1 Å². The molecule has 1 aliphatic rings. The van der Waals surface area contributed by atoms with Gasteiger partial charge in [-0.05, 0) is 55.0 Å². The number of ether oxygens (including phenoxy) is 2. The maximum Gasteiger partial charge on any atom is 0.347 e. The van der Waals surface area contributed by atoms with E-state index in [2.05, 4.69) is 5.32 Å². The van der Waals surface area contributed by atoms with Gasteiger partial charge in [0.05, 0.1) is 6.42 Å². The lowest BCUT2D eigenvalue weighted by Gasteiger charge is -2.13. The summed E-state index contributed by atoms with van der Waals surface area (Å²) in [5.41, 5.74) is 1.78. The van der Waals surface area contributed by atoms with Crippen LogP contribution in [0.3, 0.4) is 0 Å². The van der Waals surface area contributed by atoms with Gasteiger partial charge >= 0.3 is 5.97 Å². The fourth-order valence-electron chi connectivity index (χ4n) is 2.51. The Morgan fingerprint density at radius 1 is 1.19 bits per heavy atom. The number of anilines is 1. The van der Waals surface area contributed by atoms with Crippen LogP contribution in [0.1, 0.15) is 22.8 Å². The SMILES string of the molecule is C[C@@H](Oc1ccc(F)cc1)C(=O)OCC(=O)c1ccc2c(c1)CC(=O)N2. The normalized spacial score (nSPS) is 13.5. The number of carbonyl (C=O) groups excluding carboxylic acids is 3. The van der Waals surface area contributed by atoms with E-state index in [0.29, 0.717) is 17.0 Å². The number of nitrogens with one attached hydrogen (secondary N) is 1. The highest BCUT2D eigenvalue weighted by molar-refractivity contribution is 6.02. The van der Waals surface area contributed by atoms with Crippen molar-refractivity contribution in [1.29, 1.82) is 0 Å². The maximum atomic E-state index is 12.9. The van der Waals surface area contributed by atoms with Gasteiger partial charge in [0.2, 0.25) is 5.91 Å². The molecule has 3 rings (SSSR count). The lowest BCUT2D eigenvalue weighted by Crippen LogP contribution is -2.28. The molecule has 26 heavy (non-hydrogen) atoms. The fraction of sp³-hybridized carbons (Fsp3) is 0.211. The van der Waals surface area contributed by atoms with Crippen molar-refractivity contribution in [2.75, 3.05) is 11.9 Å². The molecule has 1 aliphatic heterocycles. The second-order valence-electron chi connectivity index (χ2n) is 5.84. The molecule has 0 unspecified atom stereocenters. The van der Waals surface area contributed by atoms with Crippen LogP contribution in [0.5, 0.6) is 5.75 Å². The Bertz CT molecular complexity index is 863. The number of rotatable bonds is 6. The van der Waals surface area contributed by atoms with E-state index in [0.717, 1.165) is 5.56 Å². The van der Waals surface area contributed by atoms with E-state index in [-0.39, 0.29) is 18.1 Å². The van der Waals surface area contributed by atoms with Gasteiger partial charge in [-0.25, -0.2) is 9.18 Å². The number of amides is 1. The van der Waals surface area contributed by atoms with E-state index >= 15 is 0 Å². The van der Waals surface area contributed by atoms with Crippen molar-refractivity contribution in [3.05, 3.63) is 59.4 Å². The molecule has 1 atom stereocenters. The first-order valence-electron chi connectivity index (χ1n) is 7.97. The van der Waals surface area contributed by atoms with Crippen LogP contribution in [0.25, 0.3) is 0 Å². The van der Waals surface area contributed by atoms with E-state index < -0.39 is 24.5 Å². The van der Waals surface area contributed by atoms with Crippen LogP contribution >= 0.6 is 0 Å². The van der Waals surface area contributed by atoms with E-state index in [1.165, 1.54) is 31.2 Å². The van der Waals surface area contributed by atoms with E-state index in [1.54, 1.807) is 18.2 Å². The number of halogens is 1. The number of fused-ring (bicyclic) bond motifs is 1. The van der Waals surface area contributed by atoms with Crippen molar-refractivity contribution in [3.63, 3.8) is 0 Å². The predicted octanol–water partition coefficient (Wildman–Crippen LogP) is 2.51. The molecule has 2 aromatic carbocycles. The number of ketones is 1. The molecule has 7 heteroatoms. The van der Waals surface area contributed by atoms with Crippen molar-refractivity contribution in [3.8, 4) is 5.75 Å². The second kappa shape index (κ2) is 7.35. The zero-order valence-electron chi connectivity index (χ0n) is 14.0. The molecule has 0 fully saturated rings. The molecular weight excluding hydrogens is 341 g/mol. The average Bonchev–Trinajstić information content (AvgIpc) is 3.00. The minimum Gasteiger partial charge on any atom is -0.479 e. The van der Waals surface area contributed by atoms with Crippen LogP contribution in [0.15, 0.2) is 42.5 Å². The molecule has 0 spiro atoms. The quantitative estimate of drug-likeness (QED) is 0.635. The van der Waals surface area contributed by atoms with Crippen molar-refractivity contribution in [1.82, 2.24) is 0 Å². The number of Topliss-reactive ketones (excluding diaryl/α,β-unsaturated/α-hetero) is 1. The molecule has 0 saturated carbocycles. The van der Waals surface area contributed by atoms with Crippen LogP contribution in [-0.4, -0.2) is 30.4 Å². The summed E-state index contributed by atoms with van der Waals surface area (Å²) in [5, 5.41) is 2.68. The van der Waals surface area contributed by atoms with Gasteiger partial charge in [-0.15, -0.1) is 0 Å². The van der Waals surface area contributed by atoms with Crippen LogP contribution in [-0.2, 0) is 20.7 Å². The predicted molar refractivity (Wildman–Crippen MR) is 90.6 cm³/mol. The first-order chi connectivity index (χ1) is 12.4. The maximum absolute atomic E-state index is 12.9. The number of benzene rings is 2. The summed E-state index contributed by atoms with van der Waals surface area (Å²) in [7, 11) is 0. The molecular formula is C19H16FNO5. The molecule has 1 amide bonds. The Balaban J connectivity index is 1.54. The molecule has 0 aliphatic carbocycles. The van der Waals surface area contributed by atoms with Gasteiger partial charge in [0.15, 0.2) is 18.5 Å². The summed E-state index contributed by atoms with van der Waals surface area (Å²) in [6.45, 7) is 1.04. The van der Waals surface area contributed by atoms with Gasteiger partial charge in [-0.2, -0.15) is 0 Å². The van der Waals surface area contributed by atoms with Crippen molar-refractivity contribution < 1.29 is 28.2 Å². The second-order valence-corrected chi connectivity index (χ2v) is 5.84. The molecule has 2 aromatic rings. The van der Waals surface area contributed by atoms with Crippen molar-refractivity contribution in [2.24, 2.45) is 0 Å². The van der Waals surface area contributed by atoms with Gasteiger partial charge in [-0.3, -0.25) is 9.59 Å². The van der Waals surface area contributed by atoms with Gasteiger partial charge < -0.3 is 14.8 Å².